The molecule has 0 aromatic heterocycles. The van der Waals surface area contributed by atoms with Crippen LogP contribution < -0.4 is 0 Å². The van der Waals surface area contributed by atoms with E-state index in [2.05, 4.69) is 0 Å². The van der Waals surface area contributed by atoms with E-state index in [0.29, 0.717) is 12.3 Å². The van der Waals surface area contributed by atoms with Crippen molar-refractivity contribution >= 4 is 5.97 Å². The largest absolute Gasteiger partial charge is 0.460 e. The molecular formula is C8H11FO2. The second kappa shape index (κ2) is 1.96. The van der Waals surface area contributed by atoms with E-state index < -0.39 is 11.6 Å². The fourth-order valence-corrected chi connectivity index (χ4v) is 1.85. The molecular weight excluding hydrogens is 147 g/mol. The molecule has 1 saturated heterocycles. The van der Waals surface area contributed by atoms with Gasteiger partial charge in [0, 0.05) is 6.42 Å². The van der Waals surface area contributed by atoms with Crippen molar-refractivity contribution in [2.24, 2.45) is 5.92 Å². The van der Waals surface area contributed by atoms with Crippen molar-refractivity contribution in [3.63, 3.8) is 0 Å². The topological polar surface area (TPSA) is 26.3 Å². The van der Waals surface area contributed by atoms with Crippen LogP contribution in [0.15, 0.2) is 0 Å². The number of fused-ring (bicyclic) bond motifs is 2. The minimum Gasteiger partial charge on any atom is -0.460 e. The average molecular weight is 158 g/mol. The minimum absolute atomic E-state index is 0.152. The van der Waals surface area contributed by atoms with E-state index in [0.717, 1.165) is 6.42 Å². The standard InChI is InChI=1S/C8H11FO2/c1-5-2-3-8(9)4-6(5)11-7(8)10/h5-6H,2-4H2,1H3/t5-,6-,8+/m0/s1. The molecule has 1 heterocycles. The Morgan fingerprint density at radius 1 is 1.73 bits per heavy atom. The predicted octanol–water partition coefficient (Wildman–Crippen LogP) is 1.44. The van der Waals surface area contributed by atoms with Gasteiger partial charge in [-0.15, -0.1) is 0 Å². The second-order valence-corrected chi connectivity index (χ2v) is 3.63. The van der Waals surface area contributed by atoms with Gasteiger partial charge in [0.2, 0.25) is 5.67 Å². The molecule has 2 fully saturated rings. The highest BCUT2D eigenvalue weighted by molar-refractivity contribution is 5.82. The van der Waals surface area contributed by atoms with Crippen molar-refractivity contribution < 1.29 is 13.9 Å². The van der Waals surface area contributed by atoms with Crippen molar-refractivity contribution in [3.8, 4) is 0 Å². The highest BCUT2D eigenvalue weighted by atomic mass is 19.1. The van der Waals surface area contributed by atoms with Gasteiger partial charge < -0.3 is 4.74 Å². The third kappa shape index (κ3) is 0.865. The molecule has 1 saturated carbocycles. The Bertz CT molecular complexity index is 204. The van der Waals surface area contributed by atoms with E-state index in [1.165, 1.54) is 0 Å². The van der Waals surface area contributed by atoms with Crippen LogP contribution >= 0.6 is 0 Å². The van der Waals surface area contributed by atoms with Crippen LogP contribution in [0.25, 0.3) is 0 Å². The molecule has 0 radical (unpaired) electrons. The summed E-state index contributed by atoms with van der Waals surface area (Å²) in [6.45, 7) is 2.00. The molecule has 2 nitrogen and oxygen atoms in total. The zero-order valence-electron chi connectivity index (χ0n) is 6.47. The van der Waals surface area contributed by atoms with Gasteiger partial charge in [-0.25, -0.2) is 9.18 Å². The lowest BCUT2D eigenvalue weighted by molar-refractivity contribution is -0.149. The Kier molecular flexibility index (Phi) is 1.26. The summed E-state index contributed by atoms with van der Waals surface area (Å²) >= 11 is 0. The molecule has 2 rings (SSSR count). The maximum Gasteiger partial charge on any atom is 0.344 e. The summed E-state index contributed by atoms with van der Waals surface area (Å²) in [5.41, 5.74) is -1.63. The molecule has 0 spiro atoms. The smallest absolute Gasteiger partial charge is 0.344 e. The number of esters is 1. The highest BCUT2D eigenvalue weighted by Crippen LogP contribution is 2.43. The normalized spacial score (nSPS) is 49.1. The molecule has 0 aromatic carbocycles. The third-order valence-corrected chi connectivity index (χ3v) is 2.78. The first kappa shape index (κ1) is 7.07. The van der Waals surface area contributed by atoms with Crippen molar-refractivity contribution in [3.05, 3.63) is 0 Å². The molecule has 0 amide bonds. The molecule has 0 N–H and O–H groups in total. The van der Waals surface area contributed by atoms with Gasteiger partial charge in [0.1, 0.15) is 6.10 Å². The van der Waals surface area contributed by atoms with Gasteiger partial charge in [0.25, 0.3) is 0 Å². The lowest BCUT2D eigenvalue weighted by atomic mass is 9.81. The Hall–Kier alpha value is -0.600. The summed E-state index contributed by atoms with van der Waals surface area (Å²) in [5.74, 6) is -0.294. The highest BCUT2D eigenvalue weighted by Gasteiger charge is 2.54. The van der Waals surface area contributed by atoms with Crippen LogP contribution in [0, 0.1) is 5.92 Å². The van der Waals surface area contributed by atoms with Crippen LogP contribution in [-0.4, -0.2) is 17.7 Å². The molecule has 62 valence electrons. The summed E-state index contributed by atoms with van der Waals surface area (Å²) in [7, 11) is 0. The fourth-order valence-electron chi connectivity index (χ4n) is 1.85. The molecule has 11 heavy (non-hydrogen) atoms. The number of ether oxygens (including phenoxy) is 1. The maximum absolute atomic E-state index is 13.4. The van der Waals surface area contributed by atoms with Crippen LogP contribution in [0.3, 0.4) is 0 Å². The molecule has 0 unspecified atom stereocenters. The number of carbonyl (C=O) groups is 1. The van der Waals surface area contributed by atoms with Gasteiger partial charge in [-0.05, 0) is 18.8 Å². The zero-order valence-corrected chi connectivity index (χ0v) is 6.47. The van der Waals surface area contributed by atoms with Gasteiger partial charge in [0.05, 0.1) is 0 Å². The molecule has 3 heteroatoms. The number of rotatable bonds is 0. The first-order chi connectivity index (χ1) is 5.12. The Morgan fingerprint density at radius 2 is 2.45 bits per heavy atom. The van der Waals surface area contributed by atoms with E-state index in [9.17, 15) is 9.18 Å². The first-order valence-electron chi connectivity index (χ1n) is 4.02. The Morgan fingerprint density at radius 3 is 3.09 bits per heavy atom. The average Bonchev–Trinajstić information content (AvgIpc) is 2.20. The van der Waals surface area contributed by atoms with Gasteiger partial charge in [0.15, 0.2) is 0 Å². The Balaban J connectivity index is 2.24. The lowest BCUT2D eigenvalue weighted by Crippen LogP contribution is -2.32. The van der Waals surface area contributed by atoms with Crippen molar-refractivity contribution in [2.45, 2.75) is 38.0 Å². The Labute approximate surface area is 64.7 Å². The summed E-state index contributed by atoms with van der Waals surface area (Å²) in [6.07, 6.45) is 1.25. The van der Waals surface area contributed by atoms with Crippen LogP contribution in [0.2, 0.25) is 0 Å². The van der Waals surface area contributed by atoms with E-state index >= 15 is 0 Å². The van der Waals surface area contributed by atoms with Crippen molar-refractivity contribution in [2.75, 3.05) is 0 Å². The quantitative estimate of drug-likeness (QED) is 0.498. The summed E-state index contributed by atoms with van der Waals surface area (Å²) in [5, 5.41) is 0. The zero-order chi connectivity index (χ0) is 8.06. The summed E-state index contributed by atoms with van der Waals surface area (Å²) in [4.78, 5) is 10.9. The number of carbonyl (C=O) groups excluding carboxylic acids is 1. The number of alkyl halides is 1. The monoisotopic (exact) mass is 158 g/mol. The molecule has 2 aliphatic rings. The summed E-state index contributed by atoms with van der Waals surface area (Å²) < 4.78 is 18.3. The van der Waals surface area contributed by atoms with Crippen molar-refractivity contribution in [1.29, 1.82) is 0 Å². The maximum atomic E-state index is 13.4. The first-order valence-corrected chi connectivity index (χ1v) is 4.02. The number of hydrogen-bond donors (Lipinski definition) is 0. The second-order valence-electron chi connectivity index (χ2n) is 3.63. The van der Waals surface area contributed by atoms with Crippen LogP contribution in [-0.2, 0) is 9.53 Å². The van der Waals surface area contributed by atoms with E-state index in [4.69, 9.17) is 4.74 Å². The SMILES string of the molecule is C[C@H]1CC[C@@]2(F)C[C@@H]1OC2=O. The molecule has 1 aliphatic heterocycles. The lowest BCUT2D eigenvalue weighted by Gasteiger charge is -2.24. The molecule has 1 aliphatic carbocycles. The minimum atomic E-state index is -1.63. The van der Waals surface area contributed by atoms with Gasteiger partial charge in [-0.3, -0.25) is 0 Å². The van der Waals surface area contributed by atoms with E-state index in [1.807, 2.05) is 6.92 Å². The number of halogens is 1. The fraction of sp³-hybridized carbons (Fsp3) is 0.875. The van der Waals surface area contributed by atoms with Crippen LogP contribution in [0.5, 0.6) is 0 Å². The summed E-state index contributed by atoms with van der Waals surface area (Å²) in [6, 6.07) is 0. The van der Waals surface area contributed by atoms with E-state index in [-0.39, 0.29) is 12.5 Å². The third-order valence-electron chi connectivity index (χ3n) is 2.78. The van der Waals surface area contributed by atoms with E-state index in [1.54, 1.807) is 0 Å². The van der Waals surface area contributed by atoms with Crippen molar-refractivity contribution in [1.82, 2.24) is 0 Å². The van der Waals surface area contributed by atoms with Gasteiger partial charge in [-0.1, -0.05) is 6.92 Å². The van der Waals surface area contributed by atoms with Gasteiger partial charge >= 0.3 is 5.97 Å². The molecule has 0 aromatic rings. The van der Waals surface area contributed by atoms with Crippen LogP contribution in [0.1, 0.15) is 26.2 Å². The van der Waals surface area contributed by atoms with Gasteiger partial charge in [-0.2, -0.15) is 0 Å². The predicted molar refractivity (Wildman–Crippen MR) is 36.7 cm³/mol. The van der Waals surface area contributed by atoms with Crippen LogP contribution in [0.4, 0.5) is 4.39 Å². The molecule has 3 atom stereocenters. The number of hydrogen-bond acceptors (Lipinski definition) is 2. The molecule has 2 bridgehead atoms.